The number of ether oxygens (including phenoxy) is 1. The fraction of sp³-hybridized carbons (Fsp3) is 0.735. The van der Waals surface area contributed by atoms with Crippen LogP contribution in [0.5, 0.6) is 0 Å². The number of carbonyl (C=O) groups excluding carboxylic acids is 1. The molecule has 2 N–H and O–H groups in total. The van der Waals surface area contributed by atoms with E-state index in [1.165, 1.54) is 43.9 Å². The molecule has 1 saturated heterocycles. The predicted octanol–water partition coefficient (Wildman–Crippen LogP) is 12.4. The van der Waals surface area contributed by atoms with Gasteiger partial charge in [-0.25, -0.2) is 8.42 Å². The second-order valence-electron chi connectivity index (χ2n) is 19.6. The maximum atomic E-state index is 13.8. The van der Waals surface area contributed by atoms with Gasteiger partial charge in [0.2, 0.25) is 10.0 Å². The SMILES string of the molecule is CCCCCCCCCC[C@H](O)CN(C[C@@H](O)CCCCCCCCCC[C@H](CC1(Sc2ccccc2)C[C@H](C)OC1=O)O[Si](C)(C)C(C)(C)C)S(=O)(=O)c1ccccc1[N+](=O)[O-]. The number of thioether (sulfide) groups is 1. The molecule has 5 atom stereocenters. The molecule has 11 nitrogen and oxygen atoms in total. The zero-order chi connectivity index (χ0) is 46.5. The number of rotatable bonds is 33. The first kappa shape index (κ1) is 55.0. The molecule has 63 heavy (non-hydrogen) atoms. The van der Waals surface area contributed by atoms with Crippen LogP contribution in [0.4, 0.5) is 5.69 Å². The number of esters is 1. The van der Waals surface area contributed by atoms with Crippen molar-refractivity contribution < 1.29 is 37.5 Å². The maximum Gasteiger partial charge on any atom is 0.323 e. The van der Waals surface area contributed by atoms with E-state index in [2.05, 4.69) is 52.9 Å². The summed E-state index contributed by atoms with van der Waals surface area (Å²) in [5.74, 6) is -0.135. The lowest BCUT2D eigenvalue weighted by Gasteiger charge is -2.41. The number of aliphatic hydroxyl groups excluding tert-OH is 2. The van der Waals surface area contributed by atoms with Crippen molar-refractivity contribution >= 4 is 41.8 Å². The van der Waals surface area contributed by atoms with Crippen molar-refractivity contribution in [2.24, 2.45) is 0 Å². The van der Waals surface area contributed by atoms with Gasteiger partial charge in [-0.2, -0.15) is 4.31 Å². The summed E-state index contributed by atoms with van der Waals surface area (Å²) >= 11 is 1.63. The van der Waals surface area contributed by atoms with Crippen molar-refractivity contribution in [1.82, 2.24) is 4.31 Å². The number of nitrogens with zero attached hydrogens (tertiary/aromatic N) is 2. The van der Waals surface area contributed by atoms with Crippen LogP contribution in [-0.4, -0.2) is 84.4 Å². The molecule has 1 fully saturated rings. The van der Waals surface area contributed by atoms with Crippen LogP contribution in [0.3, 0.4) is 0 Å². The van der Waals surface area contributed by atoms with Crippen LogP contribution in [-0.2, 0) is 24.0 Å². The summed E-state index contributed by atoms with van der Waals surface area (Å²) in [6, 6.07) is 15.4. The molecule has 0 amide bonds. The standard InChI is InChI=1S/C49H82N2O9S2Si/c1-8-9-10-11-12-15-18-22-29-41(52)38-50(62(57,58)46-35-28-27-34-45(46)51(55)56)39-42(53)30-23-19-16-13-14-17-20-24-31-43(60-63(6,7)48(3,4)5)37-49(36-40(2)59-47(49)54)61-44-32-25-21-26-33-44/h21,25-28,32-35,40-43,52-53H,8-20,22-24,29-31,36-39H2,1-7H3/t40-,41-,42-,43+,49?/m0/s1. The highest BCUT2D eigenvalue weighted by Crippen LogP contribution is 2.48. The third kappa shape index (κ3) is 18.8. The molecule has 0 aliphatic carbocycles. The van der Waals surface area contributed by atoms with Crippen LogP contribution in [0.25, 0.3) is 0 Å². The third-order valence-electron chi connectivity index (χ3n) is 12.9. The first-order chi connectivity index (χ1) is 29.8. The second kappa shape index (κ2) is 27.3. The van der Waals surface area contributed by atoms with Crippen LogP contribution in [0.1, 0.15) is 169 Å². The molecule has 3 rings (SSSR count). The Morgan fingerprint density at radius 3 is 1.78 bits per heavy atom. The van der Waals surface area contributed by atoms with E-state index in [1.807, 2.05) is 25.1 Å². The summed E-state index contributed by atoms with van der Waals surface area (Å²) in [6.45, 7) is 15.0. The number of unbranched alkanes of at least 4 members (excludes halogenated alkanes) is 14. The Morgan fingerprint density at radius 1 is 0.825 bits per heavy atom. The molecule has 2 aromatic rings. The fourth-order valence-corrected chi connectivity index (χ4v) is 12.8. The summed E-state index contributed by atoms with van der Waals surface area (Å²) in [7, 11) is -6.48. The minimum absolute atomic E-state index is 0.0433. The number of nitro groups is 1. The van der Waals surface area contributed by atoms with E-state index < -0.39 is 50.8 Å². The van der Waals surface area contributed by atoms with Gasteiger partial charge in [-0.3, -0.25) is 14.9 Å². The lowest BCUT2D eigenvalue weighted by Crippen LogP contribution is -2.46. The molecule has 0 bridgehead atoms. The summed E-state index contributed by atoms with van der Waals surface area (Å²) in [4.78, 5) is 25.2. The minimum atomic E-state index is -4.37. The van der Waals surface area contributed by atoms with E-state index in [0.29, 0.717) is 25.7 Å². The number of carbonyl (C=O) groups is 1. The molecule has 1 heterocycles. The number of aliphatic hydroxyl groups is 2. The first-order valence-corrected chi connectivity index (χ1v) is 29.2. The molecule has 1 aliphatic heterocycles. The predicted molar refractivity (Wildman–Crippen MR) is 259 cm³/mol. The molecule has 14 heteroatoms. The average Bonchev–Trinajstić information content (AvgIpc) is 3.49. The number of hydrogen-bond acceptors (Lipinski definition) is 10. The van der Waals surface area contributed by atoms with Gasteiger partial charge < -0.3 is 19.4 Å². The third-order valence-corrected chi connectivity index (χ3v) is 20.7. The quantitative estimate of drug-likeness (QED) is 0.0232. The van der Waals surface area contributed by atoms with Gasteiger partial charge in [0.25, 0.3) is 5.69 Å². The summed E-state index contributed by atoms with van der Waals surface area (Å²) in [6.07, 6.45) is 17.6. The van der Waals surface area contributed by atoms with Crippen molar-refractivity contribution in [3.8, 4) is 0 Å². The molecule has 1 unspecified atom stereocenters. The molecule has 358 valence electrons. The highest BCUT2D eigenvalue weighted by molar-refractivity contribution is 8.01. The number of sulfonamides is 1. The molecule has 0 saturated carbocycles. The summed E-state index contributed by atoms with van der Waals surface area (Å²) in [5.41, 5.74) is -0.523. The van der Waals surface area contributed by atoms with Gasteiger partial charge in [-0.1, -0.05) is 161 Å². The van der Waals surface area contributed by atoms with Crippen LogP contribution < -0.4 is 0 Å². The largest absolute Gasteiger partial charge is 0.462 e. The molecule has 1 aliphatic rings. The fourth-order valence-electron chi connectivity index (χ4n) is 8.26. The molecular formula is C49H82N2O9S2Si. The van der Waals surface area contributed by atoms with E-state index in [-0.39, 0.29) is 36.3 Å². The van der Waals surface area contributed by atoms with Crippen LogP contribution >= 0.6 is 11.8 Å². The number of hydrogen-bond donors (Lipinski definition) is 2. The van der Waals surface area contributed by atoms with Crippen molar-refractivity contribution in [1.29, 1.82) is 0 Å². The first-order valence-electron chi connectivity index (χ1n) is 24.0. The van der Waals surface area contributed by atoms with Crippen LogP contribution in [0.15, 0.2) is 64.4 Å². The van der Waals surface area contributed by atoms with Gasteiger partial charge in [0.1, 0.15) is 10.9 Å². The monoisotopic (exact) mass is 935 g/mol. The highest BCUT2D eigenvalue weighted by atomic mass is 32.2. The normalized spacial score (nSPS) is 18.7. The number of para-hydroxylation sites is 1. The average molecular weight is 935 g/mol. The van der Waals surface area contributed by atoms with Crippen molar-refractivity contribution in [3.05, 3.63) is 64.7 Å². The zero-order valence-electron chi connectivity index (χ0n) is 39.7. The molecule has 0 spiro atoms. The molecule has 0 aromatic heterocycles. The topological polar surface area (TPSA) is 157 Å². The summed E-state index contributed by atoms with van der Waals surface area (Å²) in [5, 5.41) is 33.8. The number of nitro benzene ring substituents is 1. The molecule has 2 aromatic carbocycles. The van der Waals surface area contributed by atoms with E-state index in [9.17, 15) is 33.5 Å². The van der Waals surface area contributed by atoms with Gasteiger partial charge >= 0.3 is 5.97 Å². The Balaban J connectivity index is 1.48. The summed E-state index contributed by atoms with van der Waals surface area (Å²) < 4.78 is 40.9. The Hall–Kier alpha value is -2.33. The second-order valence-corrected chi connectivity index (χ2v) is 27.7. The lowest BCUT2D eigenvalue weighted by molar-refractivity contribution is -0.387. The van der Waals surface area contributed by atoms with Crippen LogP contribution in [0, 0.1) is 10.1 Å². The van der Waals surface area contributed by atoms with Crippen LogP contribution in [0.2, 0.25) is 18.1 Å². The van der Waals surface area contributed by atoms with Gasteiger partial charge in [0.05, 0.1) is 17.1 Å². The van der Waals surface area contributed by atoms with Gasteiger partial charge in [0.15, 0.2) is 13.2 Å². The minimum Gasteiger partial charge on any atom is -0.462 e. The van der Waals surface area contributed by atoms with E-state index in [0.717, 1.165) is 98.7 Å². The Labute approximate surface area is 386 Å². The number of benzene rings is 2. The van der Waals surface area contributed by atoms with E-state index >= 15 is 0 Å². The highest BCUT2D eigenvalue weighted by Gasteiger charge is 2.51. The Morgan fingerprint density at radius 2 is 1.30 bits per heavy atom. The van der Waals surface area contributed by atoms with E-state index in [1.54, 1.807) is 11.8 Å². The Bertz CT molecular complexity index is 1740. The van der Waals surface area contributed by atoms with Crippen molar-refractivity contribution in [2.75, 3.05) is 13.1 Å². The maximum absolute atomic E-state index is 13.8. The lowest BCUT2D eigenvalue weighted by atomic mass is 9.94. The van der Waals surface area contributed by atoms with Gasteiger partial charge in [0, 0.05) is 36.6 Å². The van der Waals surface area contributed by atoms with Gasteiger partial charge in [-0.15, -0.1) is 11.8 Å². The zero-order valence-corrected chi connectivity index (χ0v) is 42.4. The van der Waals surface area contributed by atoms with Crippen molar-refractivity contribution in [3.63, 3.8) is 0 Å². The van der Waals surface area contributed by atoms with Crippen molar-refractivity contribution in [2.45, 2.75) is 227 Å². The smallest absolute Gasteiger partial charge is 0.323 e. The molecular weight excluding hydrogens is 853 g/mol. The van der Waals surface area contributed by atoms with E-state index in [4.69, 9.17) is 9.16 Å². The number of cyclic esters (lactones) is 1. The van der Waals surface area contributed by atoms with Gasteiger partial charge in [-0.05, 0) is 68.9 Å². The Kier molecular flexibility index (Phi) is 23.9. The molecule has 0 radical (unpaired) electrons.